The number of carbonyl (C=O) groups is 1. The zero-order valence-electron chi connectivity index (χ0n) is 27.0. The van der Waals surface area contributed by atoms with Crippen LogP contribution in [-0.2, 0) is 13.0 Å². The molecule has 0 aliphatic heterocycles. The third-order valence-corrected chi connectivity index (χ3v) is 8.54. The molecule has 0 saturated carbocycles. The Morgan fingerprint density at radius 2 is 1.90 bits per heavy atom. The van der Waals surface area contributed by atoms with Crippen LogP contribution in [-0.4, -0.2) is 35.4 Å². The summed E-state index contributed by atoms with van der Waals surface area (Å²) in [5, 5.41) is 32.3. The summed E-state index contributed by atoms with van der Waals surface area (Å²) < 4.78 is 27.5. The predicted molar refractivity (Wildman–Crippen MR) is 188 cm³/mol. The van der Waals surface area contributed by atoms with E-state index >= 15 is 0 Å². The fourth-order valence-electron chi connectivity index (χ4n) is 5.75. The zero-order chi connectivity index (χ0) is 35.1. The number of allylic oxidation sites excluding steroid dienone is 1. The number of nitriles is 1. The Kier molecular flexibility index (Phi) is 11.1. The minimum Gasteiger partial charge on any atom is -0.504 e. The van der Waals surface area contributed by atoms with Crippen LogP contribution in [0.1, 0.15) is 53.4 Å². The summed E-state index contributed by atoms with van der Waals surface area (Å²) in [4.78, 5) is 16.9. The number of phenolic OH excluding ortho intramolecular Hbond substituents is 2. The zero-order valence-corrected chi connectivity index (χ0v) is 27.8. The number of aromatic hydroxyl groups is 2. The number of ketones is 1. The van der Waals surface area contributed by atoms with Crippen molar-refractivity contribution in [3.8, 4) is 40.2 Å². The Labute approximate surface area is 289 Å². The fraction of sp³-hybridized carbons (Fsp3) is 0.205. The van der Waals surface area contributed by atoms with Crippen LogP contribution in [0, 0.1) is 17.1 Å². The number of nitrogens with one attached hydrogen (secondary N) is 1. The second-order valence-corrected chi connectivity index (χ2v) is 12.1. The van der Waals surface area contributed by atoms with Crippen LogP contribution in [0.4, 0.5) is 4.39 Å². The van der Waals surface area contributed by atoms with Crippen LogP contribution < -0.4 is 14.8 Å². The first kappa shape index (κ1) is 34.9. The quantitative estimate of drug-likeness (QED) is 0.0426. The molecule has 2 atom stereocenters. The molecule has 0 aromatic heterocycles. The molecule has 8 nitrogen and oxygen atoms in total. The maximum atomic E-state index is 14.7. The number of hydrogen-bond acceptors (Lipinski definition) is 8. The summed E-state index contributed by atoms with van der Waals surface area (Å²) in [6.07, 6.45) is 4.18. The smallest absolute Gasteiger partial charge is 0.179 e. The topological polar surface area (TPSA) is 124 Å². The molecular weight excluding hydrogens is 645 g/mol. The molecule has 0 bridgehead atoms. The lowest BCUT2D eigenvalue weighted by Gasteiger charge is -2.21. The van der Waals surface area contributed by atoms with Gasteiger partial charge < -0.3 is 25.0 Å². The Morgan fingerprint density at radius 1 is 1.12 bits per heavy atom. The molecule has 0 radical (unpaired) electrons. The summed E-state index contributed by atoms with van der Waals surface area (Å²) in [6, 6.07) is 21.2. The van der Waals surface area contributed by atoms with Crippen molar-refractivity contribution in [2.24, 2.45) is 4.99 Å². The van der Waals surface area contributed by atoms with E-state index in [2.05, 4.69) is 23.1 Å². The molecule has 0 saturated heterocycles. The van der Waals surface area contributed by atoms with Gasteiger partial charge in [-0.1, -0.05) is 48.0 Å². The molecule has 10 heteroatoms. The standard InChI is InChI=1S/C39H35ClFN3O5/c1-23(19-42)15-25(20-43-3)22-48-37-18-38(32(40)16-27(37)21-44-24(2)39(47)26-11-13-34(45)35(46)17-26)49-36-14-12-29-28(8-6-9-31(29)36)30-7-4-5-10-33(30)41/h4-11,13,15-18,20,24,36,44-46H,3,12,14,21-22H2,1-2H3/b23-15+,25-20+/t24?,36-/m0/s1. The van der Waals surface area contributed by atoms with E-state index in [1.54, 1.807) is 44.2 Å². The van der Waals surface area contributed by atoms with Crippen LogP contribution in [0.2, 0.25) is 5.02 Å². The van der Waals surface area contributed by atoms with Gasteiger partial charge in [-0.2, -0.15) is 5.26 Å². The van der Waals surface area contributed by atoms with Gasteiger partial charge >= 0.3 is 0 Å². The highest BCUT2D eigenvalue weighted by Crippen LogP contribution is 2.43. The van der Waals surface area contributed by atoms with Crippen molar-refractivity contribution in [2.45, 2.75) is 45.4 Å². The lowest BCUT2D eigenvalue weighted by Crippen LogP contribution is -2.33. The first-order chi connectivity index (χ1) is 23.6. The molecule has 1 aliphatic carbocycles. The number of ether oxygens (including phenoxy) is 2. The van der Waals surface area contributed by atoms with Crippen LogP contribution >= 0.6 is 11.6 Å². The molecule has 49 heavy (non-hydrogen) atoms. The lowest BCUT2D eigenvalue weighted by molar-refractivity contribution is 0.0949. The lowest BCUT2D eigenvalue weighted by atomic mass is 9.96. The maximum absolute atomic E-state index is 14.7. The molecule has 1 aliphatic rings. The van der Waals surface area contributed by atoms with E-state index in [0.717, 1.165) is 16.7 Å². The van der Waals surface area contributed by atoms with Crippen molar-refractivity contribution in [1.82, 2.24) is 5.32 Å². The maximum Gasteiger partial charge on any atom is 0.179 e. The Morgan fingerprint density at radius 3 is 2.63 bits per heavy atom. The van der Waals surface area contributed by atoms with Crippen LogP contribution in [0.25, 0.3) is 11.1 Å². The van der Waals surface area contributed by atoms with Crippen molar-refractivity contribution < 1.29 is 28.9 Å². The molecule has 0 spiro atoms. The molecule has 1 unspecified atom stereocenters. The number of aliphatic imine (C=N–C) groups is 1. The van der Waals surface area contributed by atoms with Crippen molar-refractivity contribution in [3.63, 3.8) is 0 Å². The number of hydrogen-bond donors (Lipinski definition) is 3. The van der Waals surface area contributed by atoms with Crippen molar-refractivity contribution in [2.75, 3.05) is 6.61 Å². The summed E-state index contributed by atoms with van der Waals surface area (Å²) in [5.74, 6) is -0.478. The van der Waals surface area contributed by atoms with Gasteiger partial charge in [0.1, 0.15) is 30.0 Å². The van der Waals surface area contributed by atoms with Gasteiger partial charge in [0.25, 0.3) is 0 Å². The number of halogens is 2. The van der Waals surface area contributed by atoms with Gasteiger partial charge in [0, 0.05) is 46.6 Å². The minimum absolute atomic E-state index is 0.0473. The Balaban J connectivity index is 1.42. The van der Waals surface area contributed by atoms with Crippen LogP contribution in [0.15, 0.2) is 101 Å². The summed E-state index contributed by atoms with van der Waals surface area (Å²) in [5.41, 5.74) is 5.28. The third-order valence-electron chi connectivity index (χ3n) is 8.25. The average Bonchev–Trinajstić information content (AvgIpc) is 3.51. The van der Waals surface area contributed by atoms with Gasteiger partial charge in [-0.05, 0) is 86.5 Å². The van der Waals surface area contributed by atoms with Gasteiger partial charge in [-0.3, -0.25) is 9.79 Å². The highest BCUT2D eigenvalue weighted by atomic mass is 35.5. The number of nitrogens with zero attached hydrogens (tertiary/aromatic N) is 2. The number of fused-ring (bicyclic) bond motifs is 1. The Hall–Kier alpha value is -5.43. The number of carbonyl (C=O) groups excluding carboxylic acids is 1. The Bertz CT molecular complexity index is 2000. The SMILES string of the molecule is C=N/C=C(\C=C(/C)C#N)COc1cc(O[C@H]2CCc3c(-c4ccccc4F)cccc32)c(Cl)cc1CNC(C)C(=O)c1ccc(O)c(O)c1. The highest BCUT2D eigenvalue weighted by molar-refractivity contribution is 6.32. The van der Waals surface area contributed by atoms with Crippen molar-refractivity contribution in [1.29, 1.82) is 5.26 Å². The fourth-order valence-corrected chi connectivity index (χ4v) is 5.98. The van der Waals surface area contributed by atoms with Gasteiger partial charge in [0.15, 0.2) is 17.3 Å². The van der Waals surface area contributed by atoms with Crippen molar-refractivity contribution >= 4 is 24.1 Å². The highest BCUT2D eigenvalue weighted by Gasteiger charge is 2.28. The first-order valence-corrected chi connectivity index (χ1v) is 16.0. The van der Waals surface area contributed by atoms with E-state index in [1.165, 1.54) is 30.5 Å². The van der Waals surface area contributed by atoms with E-state index in [-0.39, 0.29) is 47.9 Å². The number of Topliss-reactive ketones (excluding diaryl/α,β-unsaturated/α-hetero) is 1. The van der Waals surface area contributed by atoms with E-state index in [1.807, 2.05) is 24.3 Å². The van der Waals surface area contributed by atoms with Crippen molar-refractivity contribution in [3.05, 3.63) is 129 Å². The molecule has 0 amide bonds. The summed E-state index contributed by atoms with van der Waals surface area (Å²) >= 11 is 6.80. The van der Waals surface area contributed by atoms with Crippen LogP contribution in [0.3, 0.4) is 0 Å². The monoisotopic (exact) mass is 679 g/mol. The van der Waals surface area contributed by atoms with Gasteiger partial charge in [0.2, 0.25) is 0 Å². The molecule has 4 aromatic carbocycles. The number of benzene rings is 4. The number of rotatable bonds is 13. The molecule has 5 rings (SSSR count). The van der Waals surface area contributed by atoms with Gasteiger partial charge in [-0.15, -0.1) is 0 Å². The molecule has 0 heterocycles. The second-order valence-electron chi connectivity index (χ2n) is 11.7. The molecule has 250 valence electrons. The van der Waals surface area contributed by atoms with Gasteiger partial charge in [0.05, 0.1) is 17.1 Å². The van der Waals surface area contributed by atoms with E-state index in [4.69, 9.17) is 21.1 Å². The average molecular weight is 680 g/mol. The second kappa shape index (κ2) is 15.6. The number of phenols is 2. The van der Waals surface area contributed by atoms with E-state index in [9.17, 15) is 24.7 Å². The molecule has 0 fully saturated rings. The first-order valence-electron chi connectivity index (χ1n) is 15.6. The van der Waals surface area contributed by atoms with E-state index in [0.29, 0.717) is 51.6 Å². The minimum atomic E-state index is -0.674. The normalized spacial score (nSPS) is 14.9. The predicted octanol–water partition coefficient (Wildman–Crippen LogP) is 8.42. The summed E-state index contributed by atoms with van der Waals surface area (Å²) in [6.45, 7) is 7.09. The van der Waals surface area contributed by atoms with Gasteiger partial charge in [-0.25, -0.2) is 4.39 Å². The molecular formula is C39H35ClFN3O5. The summed E-state index contributed by atoms with van der Waals surface area (Å²) in [7, 11) is 0. The van der Waals surface area contributed by atoms with Crippen LogP contribution in [0.5, 0.6) is 23.0 Å². The van der Waals surface area contributed by atoms with E-state index < -0.39 is 6.04 Å². The molecule has 4 aromatic rings. The largest absolute Gasteiger partial charge is 0.504 e. The third kappa shape index (κ3) is 8.18. The molecule has 3 N–H and O–H groups in total.